The number of nitro groups is 1. The van der Waals surface area contributed by atoms with Crippen molar-refractivity contribution in [3.05, 3.63) is 100 Å². The molecule has 0 saturated carbocycles. The molecule has 0 bridgehead atoms. The van der Waals surface area contributed by atoms with Gasteiger partial charge in [-0.3, -0.25) is 14.9 Å². The van der Waals surface area contributed by atoms with Gasteiger partial charge in [-0.2, -0.15) is 0 Å². The normalized spacial score (nSPS) is 10.5. The van der Waals surface area contributed by atoms with E-state index >= 15 is 0 Å². The van der Waals surface area contributed by atoms with Gasteiger partial charge in [0.1, 0.15) is 17.3 Å². The van der Waals surface area contributed by atoms with Crippen LogP contribution in [0.5, 0.6) is 0 Å². The Hall–Kier alpha value is -4.79. The molecule has 1 amide bonds. The number of aryl methyl sites for hydroxylation is 1. The van der Waals surface area contributed by atoms with Gasteiger partial charge in [-0.05, 0) is 37.3 Å². The highest BCUT2D eigenvalue weighted by Gasteiger charge is 2.19. The van der Waals surface area contributed by atoms with Crippen LogP contribution in [0, 0.1) is 17.0 Å². The first-order valence-corrected chi connectivity index (χ1v) is 10.9. The molecular formula is C26H24N6O3. The van der Waals surface area contributed by atoms with Crippen LogP contribution in [0.15, 0.2) is 78.9 Å². The number of anilines is 4. The highest BCUT2D eigenvalue weighted by Crippen LogP contribution is 2.28. The molecule has 176 valence electrons. The Bertz CT molecular complexity index is 1390. The van der Waals surface area contributed by atoms with Crippen molar-refractivity contribution in [2.24, 2.45) is 0 Å². The van der Waals surface area contributed by atoms with Gasteiger partial charge in [0.25, 0.3) is 11.6 Å². The zero-order valence-corrected chi connectivity index (χ0v) is 19.5. The number of carbonyl (C=O) groups excluding carboxylic acids is 1. The molecule has 4 rings (SSSR count). The SMILES string of the molecule is Cc1nc(Nc2cccc(NC(=O)c3ccc(N(C)C)c([N+](=O)[O-])c3)c2)cc(-c2ccccc2)n1. The number of aromatic nitrogens is 2. The first kappa shape index (κ1) is 23.4. The van der Waals surface area contributed by atoms with E-state index in [1.807, 2.05) is 49.4 Å². The summed E-state index contributed by atoms with van der Waals surface area (Å²) in [4.78, 5) is 34.4. The molecule has 0 saturated heterocycles. The Kier molecular flexibility index (Phi) is 6.68. The highest BCUT2D eigenvalue weighted by atomic mass is 16.6. The maximum Gasteiger partial charge on any atom is 0.293 e. The van der Waals surface area contributed by atoms with E-state index in [0.29, 0.717) is 28.7 Å². The first-order valence-electron chi connectivity index (χ1n) is 10.9. The van der Waals surface area contributed by atoms with E-state index in [0.717, 1.165) is 11.3 Å². The zero-order valence-electron chi connectivity index (χ0n) is 19.5. The van der Waals surface area contributed by atoms with E-state index < -0.39 is 10.8 Å². The van der Waals surface area contributed by atoms with Crippen LogP contribution in [-0.2, 0) is 0 Å². The van der Waals surface area contributed by atoms with Crippen LogP contribution in [0.4, 0.5) is 28.6 Å². The number of benzene rings is 3. The Labute approximate surface area is 202 Å². The minimum absolute atomic E-state index is 0.133. The predicted molar refractivity (Wildman–Crippen MR) is 137 cm³/mol. The molecule has 3 aromatic carbocycles. The van der Waals surface area contributed by atoms with Crippen LogP contribution >= 0.6 is 0 Å². The molecule has 0 fully saturated rings. The van der Waals surface area contributed by atoms with Crippen molar-refractivity contribution < 1.29 is 9.72 Å². The second kappa shape index (κ2) is 10.0. The third-order valence-electron chi connectivity index (χ3n) is 5.22. The van der Waals surface area contributed by atoms with Crippen LogP contribution in [0.25, 0.3) is 11.3 Å². The second-order valence-electron chi connectivity index (χ2n) is 8.07. The molecule has 1 aromatic heterocycles. The second-order valence-corrected chi connectivity index (χ2v) is 8.07. The molecule has 0 aliphatic rings. The molecule has 0 aliphatic heterocycles. The van der Waals surface area contributed by atoms with Crippen LogP contribution in [0.3, 0.4) is 0 Å². The standard InChI is InChI=1S/C26H24N6O3/c1-17-27-22(18-8-5-4-6-9-18)16-25(28-17)29-20-10-7-11-21(15-20)30-26(33)19-12-13-23(31(2)3)24(14-19)32(34)35/h4-16H,1-3H3,(H,30,33)(H,27,28,29). The highest BCUT2D eigenvalue weighted by molar-refractivity contribution is 6.05. The van der Waals surface area contributed by atoms with Gasteiger partial charge in [0.15, 0.2) is 0 Å². The van der Waals surface area contributed by atoms with Crippen molar-refractivity contribution >= 4 is 34.5 Å². The maximum absolute atomic E-state index is 12.8. The number of hydrogen-bond acceptors (Lipinski definition) is 7. The summed E-state index contributed by atoms with van der Waals surface area (Å²) in [6.45, 7) is 1.83. The lowest BCUT2D eigenvalue weighted by Crippen LogP contribution is -2.15. The molecule has 4 aromatic rings. The lowest BCUT2D eigenvalue weighted by atomic mass is 10.1. The van der Waals surface area contributed by atoms with Crippen LogP contribution in [-0.4, -0.2) is 34.9 Å². The maximum atomic E-state index is 12.8. The summed E-state index contributed by atoms with van der Waals surface area (Å²) < 4.78 is 0. The fourth-order valence-electron chi connectivity index (χ4n) is 3.60. The molecule has 9 heteroatoms. The molecule has 0 spiro atoms. The van der Waals surface area contributed by atoms with Crippen molar-refractivity contribution in [1.82, 2.24) is 9.97 Å². The summed E-state index contributed by atoms with van der Waals surface area (Å²) in [5, 5.41) is 17.5. The third-order valence-corrected chi connectivity index (χ3v) is 5.22. The lowest BCUT2D eigenvalue weighted by Gasteiger charge is -2.14. The number of nitro benzene ring substituents is 1. The zero-order chi connectivity index (χ0) is 24.9. The third kappa shape index (κ3) is 5.59. The van der Waals surface area contributed by atoms with E-state index in [4.69, 9.17) is 0 Å². The Morgan fingerprint density at radius 1 is 0.914 bits per heavy atom. The number of nitrogens with zero attached hydrogens (tertiary/aromatic N) is 4. The van der Waals surface area contributed by atoms with Crippen molar-refractivity contribution in [2.75, 3.05) is 29.6 Å². The van der Waals surface area contributed by atoms with Crippen molar-refractivity contribution in [2.45, 2.75) is 6.92 Å². The predicted octanol–water partition coefficient (Wildman–Crippen LogP) is 5.42. The summed E-state index contributed by atoms with van der Waals surface area (Å²) in [6, 6.07) is 23.2. The average molecular weight is 469 g/mol. The van der Waals surface area contributed by atoms with E-state index in [1.165, 1.54) is 6.07 Å². The van der Waals surface area contributed by atoms with Crippen molar-refractivity contribution in [3.63, 3.8) is 0 Å². The quantitative estimate of drug-likeness (QED) is 0.275. The lowest BCUT2D eigenvalue weighted by molar-refractivity contribution is -0.384. The van der Waals surface area contributed by atoms with Gasteiger partial charge >= 0.3 is 0 Å². The van der Waals surface area contributed by atoms with Crippen LogP contribution in [0.1, 0.15) is 16.2 Å². The van der Waals surface area contributed by atoms with Gasteiger partial charge in [0.05, 0.1) is 10.6 Å². The van der Waals surface area contributed by atoms with Gasteiger partial charge < -0.3 is 15.5 Å². The molecule has 0 unspecified atom stereocenters. The van der Waals surface area contributed by atoms with Gasteiger partial charge in [0.2, 0.25) is 0 Å². The molecule has 1 heterocycles. The molecule has 9 nitrogen and oxygen atoms in total. The fraction of sp³-hybridized carbons (Fsp3) is 0.115. The average Bonchev–Trinajstić information content (AvgIpc) is 2.84. The number of hydrogen-bond donors (Lipinski definition) is 2. The molecule has 35 heavy (non-hydrogen) atoms. The van der Waals surface area contributed by atoms with E-state index in [2.05, 4.69) is 20.6 Å². The van der Waals surface area contributed by atoms with Gasteiger partial charge in [-0.1, -0.05) is 36.4 Å². The monoisotopic (exact) mass is 468 g/mol. The minimum atomic E-state index is -0.496. The summed E-state index contributed by atoms with van der Waals surface area (Å²) in [5.41, 5.74) is 3.52. The minimum Gasteiger partial charge on any atom is -0.372 e. The number of carbonyl (C=O) groups is 1. The Morgan fingerprint density at radius 2 is 1.66 bits per heavy atom. The Balaban J connectivity index is 1.53. The molecular weight excluding hydrogens is 444 g/mol. The largest absolute Gasteiger partial charge is 0.372 e. The molecule has 0 radical (unpaired) electrons. The van der Waals surface area contributed by atoms with E-state index in [1.54, 1.807) is 49.3 Å². The van der Waals surface area contributed by atoms with Gasteiger partial charge in [-0.15, -0.1) is 0 Å². The van der Waals surface area contributed by atoms with E-state index in [-0.39, 0.29) is 11.3 Å². The Morgan fingerprint density at radius 3 is 2.37 bits per heavy atom. The summed E-state index contributed by atoms with van der Waals surface area (Å²) >= 11 is 0. The summed E-state index contributed by atoms with van der Waals surface area (Å²) in [6.07, 6.45) is 0. The topological polar surface area (TPSA) is 113 Å². The molecule has 0 atom stereocenters. The van der Waals surface area contributed by atoms with Crippen molar-refractivity contribution in [3.8, 4) is 11.3 Å². The van der Waals surface area contributed by atoms with Gasteiger partial charge in [-0.25, -0.2) is 9.97 Å². The van der Waals surface area contributed by atoms with Gasteiger partial charge in [0, 0.05) is 48.7 Å². The first-order chi connectivity index (χ1) is 16.8. The van der Waals surface area contributed by atoms with E-state index in [9.17, 15) is 14.9 Å². The fourth-order valence-corrected chi connectivity index (χ4v) is 3.60. The summed E-state index contributed by atoms with van der Waals surface area (Å²) in [5.74, 6) is 0.801. The molecule has 2 N–H and O–H groups in total. The molecule has 0 aliphatic carbocycles. The van der Waals surface area contributed by atoms with Crippen molar-refractivity contribution in [1.29, 1.82) is 0 Å². The number of rotatable bonds is 7. The van der Waals surface area contributed by atoms with Crippen LogP contribution in [0.2, 0.25) is 0 Å². The summed E-state index contributed by atoms with van der Waals surface area (Å²) in [7, 11) is 3.42. The number of amides is 1. The smallest absolute Gasteiger partial charge is 0.293 e. The number of nitrogens with one attached hydrogen (secondary N) is 2. The van der Waals surface area contributed by atoms with Crippen LogP contribution < -0.4 is 15.5 Å².